The van der Waals surface area contributed by atoms with Gasteiger partial charge >= 0.3 is 18.2 Å². The van der Waals surface area contributed by atoms with Crippen molar-refractivity contribution in [2.45, 2.75) is 19.1 Å². The Labute approximate surface area is 204 Å². The third-order valence-electron chi connectivity index (χ3n) is 4.50. The number of nitrogens with one attached hydrogen (secondary N) is 2. The van der Waals surface area contributed by atoms with E-state index in [-0.39, 0.29) is 22.4 Å². The Kier molecular flexibility index (Phi) is 6.69. The maximum absolute atomic E-state index is 14.5. The zero-order valence-electron chi connectivity index (χ0n) is 18.3. The lowest BCUT2D eigenvalue weighted by Gasteiger charge is -2.15. The molecule has 188 valence electrons. The van der Waals surface area contributed by atoms with Crippen molar-refractivity contribution in [3.8, 4) is 17.7 Å². The van der Waals surface area contributed by atoms with E-state index in [0.717, 1.165) is 16.8 Å². The van der Waals surface area contributed by atoms with Gasteiger partial charge in [-0.1, -0.05) is 11.6 Å². The SMILES string of the molecule is C[C@H](NC(=O)Nc1cc(Oc2nc(C(F)(F)F)nn2C)c(Cl)cc1F)c1ncnn1-c1ncccn1. The van der Waals surface area contributed by atoms with E-state index in [9.17, 15) is 22.4 Å². The molecule has 2 N–H and O–H groups in total. The number of carbonyl (C=O) groups is 1. The number of aryl methyl sites for hydroxylation is 1. The number of benzene rings is 1. The Morgan fingerprint density at radius 1 is 1.19 bits per heavy atom. The molecule has 0 aliphatic carbocycles. The van der Waals surface area contributed by atoms with Gasteiger partial charge in [-0.2, -0.15) is 27.9 Å². The van der Waals surface area contributed by atoms with Gasteiger partial charge < -0.3 is 15.4 Å². The highest BCUT2D eigenvalue weighted by atomic mass is 35.5. The van der Waals surface area contributed by atoms with Gasteiger partial charge in [0.25, 0.3) is 11.8 Å². The summed E-state index contributed by atoms with van der Waals surface area (Å²) in [6.07, 6.45) is -0.537. The van der Waals surface area contributed by atoms with Crippen molar-refractivity contribution in [3.05, 3.63) is 59.4 Å². The summed E-state index contributed by atoms with van der Waals surface area (Å²) in [5, 5.41) is 11.8. The largest absolute Gasteiger partial charge is 0.453 e. The monoisotopic (exact) mass is 526 g/mol. The van der Waals surface area contributed by atoms with Crippen LogP contribution in [0.15, 0.2) is 36.9 Å². The summed E-state index contributed by atoms with van der Waals surface area (Å²) in [6, 6.07) is 1.32. The lowest BCUT2D eigenvalue weighted by atomic mass is 10.2. The van der Waals surface area contributed by atoms with E-state index in [1.807, 2.05) is 0 Å². The van der Waals surface area contributed by atoms with E-state index in [4.69, 9.17) is 16.3 Å². The van der Waals surface area contributed by atoms with Gasteiger partial charge in [0.15, 0.2) is 11.6 Å². The van der Waals surface area contributed by atoms with E-state index in [1.165, 1.54) is 30.5 Å². The van der Waals surface area contributed by atoms with Gasteiger partial charge in [0.1, 0.15) is 12.1 Å². The van der Waals surface area contributed by atoms with Gasteiger partial charge in [0.05, 0.1) is 16.8 Å². The molecule has 4 rings (SSSR count). The molecule has 0 spiro atoms. The van der Waals surface area contributed by atoms with Crippen LogP contribution in [-0.4, -0.2) is 45.5 Å². The van der Waals surface area contributed by atoms with Crippen LogP contribution in [0.5, 0.6) is 11.8 Å². The summed E-state index contributed by atoms with van der Waals surface area (Å²) in [6.45, 7) is 1.60. The topological polar surface area (TPSA) is 138 Å². The molecule has 2 amide bonds. The number of alkyl halides is 3. The minimum atomic E-state index is -4.80. The third kappa shape index (κ3) is 5.32. The molecule has 4 aromatic rings. The quantitative estimate of drug-likeness (QED) is 0.363. The van der Waals surface area contributed by atoms with Crippen LogP contribution in [-0.2, 0) is 13.2 Å². The van der Waals surface area contributed by atoms with Crippen molar-refractivity contribution in [1.82, 2.24) is 44.8 Å². The normalized spacial score (nSPS) is 12.3. The van der Waals surface area contributed by atoms with E-state index < -0.39 is 35.9 Å². The number of urea groups is 1. The Morgan fingerprint density at radius 3 is 2.58 bits per heavy atom. The number of ether oxygens (including phenoxy) is 1. The minimum Gasteiger partial charge on any atom is -0.423 e. The van der Waals surface area contributed by atoms with Crippen molar-refractivity contribution in [3.63, 3.8) is 0 Å². The number of nitrogens with zero attached hydrogens (tertiary/aromatic N) is 8. The molecule has 1 aromatic carbocycles. The number of hydrogen-bond donors (Lipinski definition) is 2. The van der Waals surface area contributed by atoms with Crippen molar-refractivity contribution >= 4 is 23.3 Å². The number of aromatic nitrogens is 8. The van der Waals surface area contributed by atoms with Gasteiger partial charge in [-0.15, -0.1) is 5.10 Å². The number of anilines is 1. The zero-order valence-corrected chi connectivity index (χ0v) is 19.1. The summed E-state index contributed by atoms with van der Waals surface area (Å²) in [4.78, 5) is 28.0. The molecular weight excluding hydrogens is 512 g/mol. The van der Waals surface area contributed by atoms with Crippen LogP contribution in [0.3, 0.4) is 0 Å². The van der Waals surface area contributed by atoms with E-state index in [1.54, 1.807) is 13.0 Å². The molecule has 0 unspecified atom stereocenters. The second-order valence-corrected chi connectivity index (χ2v) is 7.51. The molecule has 0 saturated carbocycles. The molecule has 3 aromatic heterocycles. The summed E-state index contributed by atoms with van der Waals surface area (Å²) in [5.74, 6) is -2.11. The Hall–Kier alpha value is -4.34. The molecular formula is C19H15ClF4N10O2. The second kappa shape index (κ2) is 9.73. The Morgan fingerprint density at radius 2 is 1.92 bits per heavy atom. The first kappa shape index (κ1) is 24.8. The zero-order chi connectivity index (χ0) is 26.0. The van der Waals surface area contributed by atoms with Crippen LogP contribution in [0, 0.1) is 5.82 Å². The van der Waals surface area contributed by atoms with Gasteiger partial charge in [-0.05, 0) is 19.1 Å². The lowest BCUT2D eigenvalue weighted by molar-refractivity contribution is -0.145. The first-order chi connectivity index (χ1) is 17.0. The molecule has 0 aliphatic rings. The highest BCUT2D eigenvalue weighted by Gasteiger charge is 2.37. The molecule has 12 nitrogen and oxygen atoms in total. The van der Waals surface area contributed by atoms with Gasteiger partial charge in [-0.25, -0.2) is 28.8 Å². The van der Waals surface area contributed by atoms with E-state index >= 15 is 0 Å². The molecule has 0 fully saturated rings. The Bertz CT molecular complexity index is 1390. The molecule has 1 atom stereocenters. The maximum atomic E-state index is 14.5. The van der Waals surface area contributed by atoms with Crippen LogP contribution in [0.2, 0.25) is 5.02 Å². The standard InChI is InChI=1S/C19H15ClF4N10O2/c1-9(14-27-8-28-34(14)16-25-4-3-5-26-16)29-17(35)30-12-7-13(10(20)6-11(12)21)36-18-31-15(19(22,23)24)32-33(18)2/h3-9H,1-2H3,(H2,29,30,35)/t9-/m0/s1. The number of amides is 2. The highest BCUT2D eigenvalue weighted by molar-refractivity contribution is 6.32. The number of hydrogen-bond acceptors (Lipinski definition) is 8. The lowest BCUT2D eigenvalue weighted by Crippen LogP contribution is -2.33. The van der Waals surface area contributed by atoms with Crippen LogP contribution in [0.1, 0.15) is 24.6 Å². The summed E-state index contributed by atoms with van der Waals surface area (Å²) in [5.41, 5.74) is -0.370. The first-order valence-electron chi connectivity index (χ1n) is 9.93. The van der Waals surface area contributed by atoms with Crippen molar-refractivity contribution < 1.29 is 27.1 Å². The second-order valence-electron chi connectivity index (χ2n) is 7.10. The maximum Gasteiger partial charge on any atom is 0.453 e. The van der Waals surface area contributed by atoms with Gasteiger partial charge in [-0.3, -0.25) is 0 Å². The predicted octanol–water partition coefficient (Wildman–Crippen LogP) is 3.67. The fourth-order valence-corrected chi connectivity index (χ4v) is 3.09. The van der Waals surface area contributed by atoms with Crippen LogP contribution < -0.4 is 15.4 Å². The van der Waals surface area contributed by atoms with Crippen molar-refractivity contribution in [2.75, 3.05) is 5.32 Å². The number of rotatable bonds is 6. The highest BCUT2D eigenvalue weighted by Crippen LogP contribution is 2.35. The molecule has 0 bridgehead atoms. The van der Waals surface area contributed by atoms with E-state index in [2.05, 4.69) is 40.8 Å². The molecule has 3 heterocycles. The summed E-state index contributed by atoms with van der Waals surface area (Å²) in [7, 11) is 1.17. The minimum absolute atomic E-state index is 0.224. The predicted molar refractivity (Wildman–Crippen MR) is 115 cm³/mol. The van der Waals surface area contributed by atoms with Crippen LogP contribution in [0.25, 0.3) is 5.95 Å². The number of halogens is 5. The van der Waals surface area contributed by atoms with Crippen LogP contribution in [0.4, 0.5) is 28.0 Å². The van der Waals surface area contributed by atoms with Crippen molar-refractivity contribution in [2.24, 2.45) is 7.05 Å². The average molecular weight is 527 g/mol. The summed E-state index contributed by atoms with van der Waals surface area (Å²) < 4.78 is 60.3. The fraction of sp³-hybridized carbons (Fsp3) is 0.211. The molecule has 0 aliphatic heterocycles. The van der Waals surface area contributed by atoms with Gasteiger partial charge in [0, 0.05) is 25.5 Å². The van der Waals surface area contributed by atoms with E-state index in [0.29, 0.717) is 5.82 Å². The van der Waals surface area contributed by atoms with Crippen molar-refractivity contribution in [1.29, 1.82) is 0 Å². The smallest absolute Gasteiger partial charge is 0.423 e. The van der Waals surface area contributed by atoms with Gasteiger partial charge in [0.2, 0.25) is 0 Å². The first-order valence-corrected chi connectivity index (χ1v) is 10.3. The molecule has 0 radical (unpaired) electrons. The summed E-state index contributed by atoms with van der Waals surface area (Å²) >= 11 is 5.96. The molecule has 36 heavy (non-hydrogen) atoms. The molecule has 17 heteroatoms. The third-order valence-corrected chi connectivity index (χ3v) is 4.79. The molecule has 0 saturated heterocycles. The fourth-order valence-electron chi connectivity index (χ4n) is 2.90. The van der Waals surface area contributed by atoms with Crippen LogP contribution >= 0.6 is 11.6 Å². The average Bonchev–Trinajstić information content (AvgIpc) is 3.45. The Balaban J connectivity index is 1.49. The number of carbonyl (C=O) groups excluding carboxylic acids is 1.